The average Bonchev–Trinajstić information content (AvgIpc) is 2.95. The van der Waals surface area contributed by atoms with Crippen molar-refractivity contribution >= 4 is 5.91 Å². The molecule has 0 radical (unpaired) electrons. The number of nitrogens with zero attached hydrogens (tertiary/aromatic N) is 1. The molecule has 2 aliphatic rings. The van der Waals surface area contributed by atoms with E-state index in [4.69, 9.17) is 5.73 Å². The van der Waals surface area contributed by atoms with E-state index in [-0.39, 0.29) is 11.9 Å². The second-order valence-electron chi connectivity index (χ2n) is 5.39. The van der Waals surface area contributed by atoms with Crippen molar-refractivity contribution < 1.29 is 4.79 Å². The highest BCUT2D eigenvalue weighted by Gasteiger charge is 2.27. The molecule has 4 heteroatoms. The normalized spacial score (nSPS) is 28.0. The Bertz CT molecular complexity index is 251. The number of carbonyl (C=O) groups is 1. The van der Waals surface area contributed by atoms with Crippen LogP contribution in [-0.2, 0) is 4.79 Å². The van der Waals surface area contributed by atoms with Crippen molar-refractivity contribution in [3.05, 3.63) is 0 Å². The average molecular weight is 225 g/mol. The third kappa shape index (κ3) is 3.46. The molecule has 2 unspecified atom stereocenters. The van der Waals surface area contributed by atoms with Crippen LogP contribution < -0.4 is 11.1 Å². The number of nitrogens with one attached hydrogen (secondary N) is 1. The highest BCUT2D eigenvalue weighted by Crippen LogP contribution is 2.27. The van der Waals surface area contributed by atoms with Gasteiger partial charge in [-0.25, -0.2) is 0 Å². The molecule has 3 N–H and O–H groups in total. The van der Waals surface area contributed by atoms with E-state index in [1.807, 2.05) is 0 Å². The van der Waals surface area contributed by atoms with Crippen LogP contribution in [0.5, 0.6) is 0 Å². The summed E-state index contributed by atoms with van der Waals surface area (Å²) in [6.45, 7) is 5.48. The Balaban J connectivity index is 1.63. The summed E-state index contributed by atoms with van der Waals surface area (Å²) in [5, 5.41) is 3.00. The molecule has 1 heterocycles. The zero-order valence-electron chi connectivity index (χ0n) is 10.1. The lowest BCUT2D eigenvalue weighted by Crippen LogP contribution is -2.38. The summed E-state index contributed by atoms with van der Waals surface area (Å²) in [6, 6.07) is 0.250. The maximum Gasteiger partial charge on any atom is 0.234 e. The zero-order valence-corrected chi connectivity index (χ0v) is 10.1. The number of rotatable bonds is 5. The van der Waals surface area contributed by atoms with Gasteiger partial charge < -0.3 is 11.1 Å². The minimum absolute atomic E-state index is 0.178. The third-order valence-electron chi connectivity index (χ3n) is 3.70. The summed E-state index contributed by atoms with van der Waals surface area (Å²) < 4.78 is 0. The lowest BCUT2D eigenvalue weighted by Gasteiger charge is -2.17. The third-order valence-corrected chi connectivity index (χ3v) is 3.70. The lowest BCUT2D eigenvalue weighted by molar-refractivity contribution is -0.122. The van der Waals surface area contributed by atoms with Crippen LogP contribution in [0.2, 0.25) is 0 Å². The van der Waals surface area contributed by atoms with Gasteiger partial charge in [0, 0.05) is 19.1 Å². The molecule has 0 bridgehead atoms. The number of likely N-dealkylation sites (tertiary alicyclic amines) is 1. The molecular weight excluding hydrogens is 202 g/mol. The van der Waals surface area contributed by atoms with Crippen LogP contribution in [0, 0.1) is 11.8 Å². The number of hydrogen-bond acceptors (Lipinski definition) is 3. The molecule has 0 aromatic heterocycles. The molecule has 92 valence electrons. The van der Waals surface area contributed by atoms with Gasteiger partial charge in [0.15, 0.2) is 0 Å². The number of amides is 1. The molecule has 1 saturated carbocycles. The first-order valence-electron chi connectivity index (χ1n) is 6.40. The van der Waals surface area contributed by atoms with Gasteiger partial charge >= 0.3 is 0 Å². The summed E-state index contributed by atoms with van der Waals surface area (Å²) in [4.78, 5) is 13.8. The first-order valence-corrected chi connectivity index (χ1v) is 6.40. The van der Waals surface area contributed by atoms with E-state index >= 15 is 0 Å². The summed E-state index contributed by atoms with van der Waals surface area (Å²) in [5.41, 5.74) is 5.87. The summed E-state index contributed by atoms with van der Waals surface area (Å²) in [6.07, 6.45) is 3.71. The molecule has 2 rings (SSSR count). The van der Waals surface area contributed by atoms with Crippen LogP contribution in [0.25, 0.3) is 0 Å². The van der Waals surface area contributed by atoms with Crippen LogP contribution in [-0.4, -0.2) is 43.0 Å². The van der Waals surface area contributed by atoms with Crippen molar-refractivity contribution in [2.45, 2.75) is 32.2 Å². The van der Waals surface area contributed by atoms with Crippen LogP contribution in [0.4, 0.5) is 0 Å². The Morgan fingerprint density at radius 3 is 2.81 bits per heavy atom. The second-order valence-corrected chi connectivity index (χ2v) is 5.39. The van der Waals surface area contributed by atoms with E-state index in [1.165, 1.54) is 12.8 Å². The van der Waals surface area contributed by atoms with E-state index in [0.29, 0.717) is 12.5 Å². The van der Waals surface area contributed by atoms with Crippen LogP contribution >= 0.6 is 0 Å². The van der Waals surface area contributed by atoms with Crippen molar-refractivity contribution in [3.63, 3.8) is 0 Å². The molecule has 16 heavy (non-hydrogen) atoms. The Labute approximate surface area is 97.6 Å². The van der Waals surface area contributed by atoms with Crippen LogP contribution in [0.3, 0.4) is 0 Å². The smallest absolute Gasteiger partial charge is 0.234 e. The van der Waals surface area contributed by atoms with Crippen molar-refractivity contribution in [3.8, 4) is 0 Å². The highest BCUT2D eigenvalue weighted by atomic mass is 16.2. The van der Waals surface area contributed by atoms with E-state index in [1.54, 1.807) is 0 Å². The number of hydrogen-bond donors (Lipinski definition) is 2. The largest absolute Gasteiger partial charge is 0.355 e. The first-order chi connectivity index (χ1) is 7.65. The lowest BCUT2D eigenvalue weighted by atomic mass is 10.0. The number of carbonyl (C=O) groups excluding carboxylic acids is 1. The standard InChI is InChI=1S/C12H23N3O/c1-9(13)11-4-5-15(7-11)8-12(16)14-6-10-2-3-10/h9-11H,2-8,13H2,1H3,(H,14,16). The topological polar surface area (TPSA) is 58.4 Å². The van der Waals surface area contributed by atoms with Crippen molar-refractivity contribution in [2.75, 3.05) is 26.2 Å². The molecule has 0 aromatic rings. The predicted molar refractivity (Wildman–Crippen MR) is 63.9 cm³/mol. The molecule has 0 spiro atoms. The van der Waals surface area contributed by atoms with Gasteiger partial charge in [-0.1, -0.05) is 0 Å². The summed E-state index contributed by atoms with van der Waals surface area (Å²) in [5.74, 6) is 1.51. The molecule has 2 fully saturated rings. The summed E-state index contributed by atoms with van der Waals surface area (Å²) in [7, 11) is 0. The Hall–Kier alpha value is -0.610. The van der Waals surface area contributed by atoms with Gasteiger partial charge in [-0.15, -0.1) is 0 Å². The van der Waals surface area contributed by atoms with E-state index in [2.05, 4.69) is 17.1 Å². The number of nitrogens with two attached hydrogens (primary N) is 1. The maximum absolute atomic E-state index is 11.6. The zero-order chi connectivity index (χ0) is 11.5. The highest BCUT2D eigenvalue weighted by molar-refractivity contribution is 5.78. The Kier molecular flexibility index (Phi) is 3.82. The van der Waals surface area contributed by atoms with Crippen LogP contribution in [0.1, 0.15) is 26.2 Å². The van der Waals surface area contributed by atoms with Gasteiger partial charge in [-0.05, 0) is 44.6 Å². The Morgan fingerprint density at radius 2 is 2.25 bits per heavy atom. The van der Waals surface area contributed by atoms with Gasteiger partial charge in [0.05, 0.1) is 6.54 Å². The summed E-state index contributed by atoms with van der Waals surface area (Å²) >= 11 is 0. The second kappa shape index (κ2) is 5.15. The van der Waals surface area contributed by atoms with Crippen LogP contribution in [0.15, 0.2) is 0 Å². The maximum atomic E-state index is 11.6. The molecule has 0 aromatic carbocycles. The fourth-order valence-electron chi connectivity index (χ4n) is 2.27. The van der Waals surface area contributed by atoms with Gasteiger partial charge in [0.1, 0.15) is 0 Å². The van der Waals surface area contributed by atoms with Gasteiger partial charge in [-0.2, -0.15) is 0 Å². The molecular formula is C12H23N3O. The fraction of sp³-hybridized carbons (Fsp3) is 0.917. The van der Waals surface area contributed by atoms with Gasteiger partial charge in [0.2, 0.25) is 5.91 Å². The Morgan fingerprint density at radius 1 is 1.50 bits per heavy atom. The van der Waals surface area contributed by atoms with Crippen molar-refractivity contribution in [1.82, 2.24) is 10.2 Å². The fourth-order valence-corrected chi connectivity index (χ4v) is 2.27. The first kappa shape index (κ1) is 11.9. The minimum Gasteiger partial charge on any atom is -0.355 e. The molecule has 1 aliphatic carbocycles. The quantitative estimate of drug-likeness (QED) is 0.702. The van der Waals surface area contributed by atoms with Crippen molar-refractivity contribution in [2.24, 2.45) is 17.6 Å². The monoisotopic (exact) mass is 225 g/mol. The molecule has 1 amide bonds. The minimum atomic E-state index is 0.178. The van der Waals surface area contributed by atoms with E-state index < -0.39 is 0 Å². The van der Waals surface area contributed by atoms with Crippen molar-refractivity contribution in [1.29, 1.82) is 0 Å². The molecule has 2 atom stereocenters. The molecule has 1 aliphatic heterocycles. The molecule has 1 saturated heterocycles. The van der Waals surface area contributed by atoms with Gasteiger partial charge in [0.25, 0.3) is 0 Å². The molecule has 4 nitrogen and oxygen atoms in total. The van der Waals surface area contributed by atoms with Gasteiger partial charge in [-0.3, -0.25) is 9.69 Å². The SMILES string of the molecule is CC(N)C1CCN(CC(=O)NCC2CC2)C1. The van der Waals surface area contributed by atoms with E-state index in [9.17, 15) is 4.79 Å². The van der Waals surface area contributed by atoms with E-state index in [0.717, 1.165) is 32.0 Å². The predicted octanol–water partition coefficient (Wildman–Crippen LogP) is 0.182.